The van der Waals surface area contributed by atoms with E-state index in [9.17, 15) is 4.79 Å². The Hall–Kier alpha value is -1.40. The second-order valence-electron chi connectivity index (χ2n) is 2.21. The zero-order chi connectivity index (χ0) is 9.14. The number of primary amides is 1. The Morgan fingerprint density at radius 1 is 1.58 bits per heavy atom. The number of rotatable bonds is 2. The van der Waals surface area contributed by atoms with Crippen LogP contribution in [0.4, 0.5) is 0 Å². The lowest BCUT2D eigenvalue weighted by molar-refractivity contribution is 0.0995. The molecule has 6 heteroatoms. The molecule has 0 bridgehead atoms. The van der Waals surface area contributed by atoms with E-state index in [0.717, 1.165) is 0 Å². The van der Waals surface area contributed by atoms with Crippen LogP contribution in [-0.4, -0.2) is 28.1 Å². The fraction of sp³-hybridized carbons (Fsp3) is 0. The van der Waals surface area contributed by atoms with Gasteiger partial charge in [0.25, 0.3) is 5.91 Å². The van der Waals surface area contributed by atoms with Gasteiger partial charge in [0.2, 0.25) is 0 Å². The minimum absolute atomic E-state index is 0.0144. The predicted molar refractivity (Wildman–Crippen MR) is 42.6 cm³/mol. The minimum Gasteiger partial charge on any atom is -0.423 e. The second kappa shape index (κ2) is 3.33. The van der Waals surface area contributed by atoms with Crippen molar-refractivity contribution in [1.82, 2.24) is 4.98 Å². The summed E-state index contributed by atoms with van der Waals surface area (Å²) in [6.45, 7) is 0. The molecule has 0 spiro atoms. The third kappa shape index (κ3) is 1.80. The van der Waals surface area contributed by atoms with Gasteiger partial charge in [0.15, 0.2) is 0 Å². The van der Waals surface area contributed by atoms with Crippen LogP contribution in [0.1, 0.15) is 10.5 Å². The maximum Gasteiger partial charge on any atom is 0.488 e. The van der Waals surface area contributed by atoms with Crippen LogP contribution in [0, 0.1) is 0 Å². The van der Waals surface area contributed by atoms with Crippen LogP contribution in [0.5, 0.6) is 0 Å². The van der Waals surface area contributed by atoms with Crippen LogP contribution in [0.2, 0.25) is 0 Å². The summed E-state index contributed by atoms with van der Waals surface area (Å²) in [5.74, 6) is -0.697. The molecule has 1 aromatic rings. The molecule has 0 atom stereocenters. The fourth-order valence-corrected chi connectivity index (χ4v) is 0.742. The Morgan fingerprint density at radius 3 is 2.75 bits per heavy atom. The summed E-state index contributed by atoms with van der Waals surface area (Å²) in [7, 11) is -1.61. The number of aromatic nitrogens is 1. The van der Waals surface area contributed by atoms with Crippen LogP contribution in [0.15, 0.2) is 18.3 Å². The predicted octanol–water partition coefficient (Wildman–Crippen LogP) is -2.14. The van der Waals surface area contributed by atoms with Crippen molar-refractivity contribution in [2.75, 3.05) is 0 Å². The summed E-state index contributed by atoms with van der Waals surface area (Å²) >= 11 is 0. The summed E-state index contributed by atoms with van der Waals surface area (Å²) in [5.41, 5.74) is 5.13. The van der Waals surface area contributed by atoms with Gasteiger partial charge in [-0.2, -0.15) is 0 Å². The van der Waals surface area contributed by atoms with Gasteiger partial charge in [-0.05, 0) is 17.6 Å². The molecule has 1 amide bonds. The van der Waals surface area contributed by atoms with Crippen LogP contribution >= 0.6 is 0 Å². The lowest BCUT2D eigenvalue weighted by atomic mass is 9.81. The third-order valence-electron chi connectivity index (χ3n) is 1.33. The first kappa shape index (κ1) is 8.70. The molecule has 4 N–H and O–H groups in total. The average Bonchev–Trinajstić information content (AvgIpc) is 2.04. The SMILES string of the molecule is NC(=O)c1cc(B(O)O)ccn1. The third-order valence-corrected chi connectivity index (χ3v) is 1.33. The molecule has 0 aliphatic heterocycles. The lowest BCUT2D eigenvalue weighted by Crippen LogP contribution is -2.31. The summed E-state index contributed by atoms with van der Waals surface area (Å²) < 4.78 is 0. The molecule has 0 unspecified atom stereocenters. The number of pyridine rings is 1. The van der Waals surface area contributed by atoms with Crippen molar-refractivity contribution in [3.05, 3.63) is 24.0 Å². The summed E-state index contributed by atoms with van der Waals surface area (Å²) in [4.78, 5) is 14.2. The van der Waals surface area contributed by atoms with E-state index in [1.807, 2.05) is 0 Å². The van der Waals surface area contributed by atoms with E-state index in [-0.39, 0.29) is 11.2 Å². The number of carbonyl (C=O) groups excluding carboxylic acids is 1. The maximum absolute atomic E-state index is 10.6. The molecule has 62 valence electrons. The first-order chi connectivity index (χ1) is 5.61. The van der Waals surface area contributed by atoms with E-state index in [0.29, 0.717) is 0 Å². The highest BCUT2D eigenvalue weighted by atomic mass is 16.4. The molecule has 0 fully saturated rings. The number of nitrogens with zero attached hydrogens (tertiary/aromatic N) is 1. The highest BCUT2D eigenvalue weighted by molar-refractivity contribution is 6.58. The lowest BCUT2D eigenvalue weighted by Gasteiger charge is -1.99. The van der Waals surface area contributed by atoms with Gasteiger partial charge in [-0.3, -0.25) is 9.78 Å². The molecule has 1 heterocycles. The summed E-state index contributed by atoms with van der Waals surface area (Å²) in [5, 5.41) is 17.4. The van der Waals surface area contributed by atoms with Crippen molar-refractivity contribution in [3.8, 4) is 0 Å². The van der Waals surface area contributed by atoms with Crippen LogP contribution in [-0.2, 0) is 0 Å². The molecule has 0 aliphatic carbocycles. The Bertz CT molecular complexity index is 303. The van der Waals surface area contributed by atoms with Gasteiger partial charge < -0.3 is 15.8 Å². The molecule has 0 saturated carbocycles. The number of carbonyl (C=O) groups is 1. The van der Waals surface area contributed by atoms with Crippen molar-refractivity contribution < 1.29 is 14.8 Å². The van der Waals surface area contributed by atoms with E-state index < -0.39 is 13.0 Å². The summed E-state index contributed by atoms with van der Waals surface area (Å²) in [6.07, 6.45) is 1.29. The normalized spacial score (nSPS) is 9.50. The van der Waals surface area contributed by atoms with Crippen molar-refractivity contribution >= 4 is 18.5 Å². The molecular weight excluding hydrogens is 159 g/mol. The van der Waals surface area contributed by atoms with Gasteiger partial charge in [-0.1, -0.05) is 0 Å². The Kier molecular flexibility index (Phi) is 2.42. The monoisotopic (exact) mass is 166 g/mol. The number of nitrogens with two attached hydrogens (primary N) is 1. The molecule has 12 heavy (non-hydrogen) atoms. The van der Waals surface area contributed by atoms with Crippen molar-refractivity contribution in [2.45, 2.75) is 0 Å². The smallest absolute Gasteiger partial charge is 0.423 e. The van der Waals surface area contributed by atoms with Gasteiger partial charge in [0.1, 0.15) is 5.69 Å². The van der Waals surface area contributed by atoms with E-state index in [1.54, 1.807) is 0 Å². The van der Waals surface area contributed by atoms with Crippen molar-refractivity contribution in [2.24, 2.45) is 5.73 Å². The molecule has 0 radical (unpaired) electrons. The first-order valence-electron chi connectivity index (χ1n) is 3.23. The van der Waals surface area contributed by atoms with Crippen LogP contribution in [0.25, 0.3) is 0 Å². The largest absolute Gasteiger partial charge is 0.488 e. The molecule has 0 aliphatic rings. The Balaban J connectivity index is 3.04. The topological polar surface area (TPSA) is 96.4 Å². The zero-order valence-corrected chi connectivity index (χ0v) is 6.14. The number of hydrogen-bond acceptors (Lipinski definition) is 4. The molecule has 1 rings (SSSR count). The first-order valence-corrected chi connectivity index (χ1v) is 3.23. The van der Waals surface area contributed by atoms with E-state index in [1.165, 1.54) is 18.3 Å². The fourth-order valence-electron chi connectivity index (χ4n) is 0.742. The van der Waals surface area contributed by atoms with Gasteiger partial charge >= 0.3 is 7.12 Å². The van der Waals surface area contributed by atoms with Gasteiger partial charge in [-0.25, -0.2) is 0 Å². The molecule has 0 aromatic carbocycles. The van der Waals surface area contributed by atoms with Gasteiger partial charge in [0.05, 0.1) is 0 Å². The molecular formula is C6H7BN2O3. The van der Waals surface area contributed by atoms with Gasteiger partial charge in [0, 0.05) is 6.20 Å². The van der Waals surface area contributed by atoms with E-state index in [4.69, 9.17) is 15.8 Å². The highest BCUT2D eigenvalue weighted by Crippen LogP contribution is 1.89. The van der Waals surface area contributed by atoms with Gasteiger partial charge in [-0.15, -0.1) is 0 Å². The second-order valence-corrected chi connectivity index (χ2v) is 2.21. The Labute approximate surface area is 69.0 Å². The quantitative estimate of drug-likeness (QED) is 0.436. The van der Waals surface area contributed by atoms with E-state index >= 15 is 0 Å². The molecule has 5 nitrogen and oxygen atoms in total. The minimum atomic E-state index is -1.61. The number of amides is 1. The number of hydrogen-bond donors (Lipinski definition) is 3. The van der Waals surface area contributed by atoms with E-state index in [2.05, 4.69) is 4.98 Å². The van der Waals surface area contributed by atoms with Crippen molar-refractivity contribution in [3.63, 3.8) is 0 Å². The Morgan fingerprint density at radius 2 is 2.25 bits per heavy atom. The molecule has 1 aromatic heterocycles. The zero-order valence-electron chi connectivity index (χ0n) is 6.14. The van der Waals surface area contributed by atoms with Crippen LogP contribution < -0.4 is 11.2 Å². The van der Waals surface area contributed by atoms with Crippen molar-refractivity contribution in [1.29, 1.82) is 0 Å². The maximum atomic E-state index is 10.6. The standard InChI is InChI=1S/C6H7BN2O3/c8-6(10)5-3-4(7(11)12)1-2-9-5/h1-3,11-12H,(H2,8,10). The molecule has 0 saturated heterocycles. The average molecular weight is 166 g/mol. The van der Waals surface area contributed by atoms with Crippen LogP contribution in [0.3, 0.4) is 0 Å². The highest BCUT2D eigenvalue weighted by Gasteiger charge is 2.12. The summed E-state index contributed by atoms with van der Waals surface area (Å²) in [6, 6.07) is 2.62.